The Labute approximate surface area is 85.7 Å². The van der Waals surface area contributed by atoms with E-state index in [1.807, 2.05) is 24.3 Å². The van der Waals surface area contributed by atoms with Gasteiger partial charge in [0.15, 0.2) is 6.61 Å². The molecule has 0 saturated carbocycles. The van der Waals surface area contributed by atoms with Crippen LogP contribution in [0, 0.1) is 12.3 Å². The fourth-order valence-corrected chi connectivity index (χ4v) is 0.943. The summed E-state index contributed by atoms with van der Waals surface area (Å²) in [5.74, 6) is 2.30. The summed E-state index contributed by atoms with van der Waals surface area (Å²) in [6, 6.07) is 7.54. The third-order valence-electron chi connectivity index (χ3n) is 1.23. The summed E-state index contributed by atoms with van der Waals surface area (Å²) in [7, 11) is 0. The Hall–Kier alpha value is -1.27. The Kier molecular flexibility index (Phi) is 4.07. The van der Waals surface area contributed by atoms with Crippen LogP contribution in [0.3, 0.4) is 0 Å². The molecule has 0 heterocycles. The van der Waals surface area contributed by atoms with Crippen LogP contribution in [0.15, 0.2) is 33.9 Å². The van der Waals surface area contributed by atoms with Crippen LogP contribution in [0.5, 0.6) is 0 Å². The van der Waals surface area contributed by atoms with Crippen LogP contribution in [0.25, 0.3) is 0 Å². The first-order valence-corrected chi connectivity index (χ1v) is 4.39. The molecule has 0 bridgehead atoms. The quantitative estimate of drug-likeness (QED) is 0.342. The highest BCUT2D eigenvalue weighted by Gasteiger charge is 1.88. The molecule has 0 aliphatic carbocycles. The van der Waals surface area contributed by atoms with Gasteiger partial charge in [-0.25, -0.2) is 0 Å². The Bertz CT molecular complexity index is 324. The van der Waals surface area contributed by atoms with Crippen molar-refractivity contribution in [2.24, 2.45) is 5.16 Å². The van der Waals surface area contributed by atoms with Crippen LogP contribution in [0.4, 0.5) is 0 Å². The minimum absolute atomic E-state index is 0.170. The molecule has 0 unspecified atom stereocenters. The lowest BCUT2D eigenvalue weighted by atomic mass is 10.2. The summed E-state index contributed by atoms with van der Waals surface area (Å²) in [6.45, 7) is 0.170. The second-order valence-corrected chi connectivity index (χ2v) is 3.10. The summed E-state index contributed by atoms with van der Waals surface area (Å²) in [6.07, 6.45) is 7.65. The van der Waals surface area contributed by atoms with Gasteiger partial charge in [0.25, 0.3) is 0 Å². The molecule has 0 amide bonds. The van der Waals surface area contributed by atoms with E-state index in [-0.39, 0.29) is 6.61 Å². The van der Waals surface area contributed by atoms with Crippen molar-refractivity contribution in [1.82, 2.24) is 0 Å². The highest BCUT2D eigenvalue weighted by atomic mass is 79.9. The van der Waals surface area contributed by atoms with Crippen LogP contribution in [-0.4, -0.2) is 12.8 Å². The van der Waals surface area contributed by atoms with E-state index in [1.165, 1.54) is 0 Å². The number of halogens is 1. The van der Waals surface area contributed by atoms with Crippen molar-refractivity contribution >= 4 is 22.1 Å². The van der Waals surface area contributed by atoms with E-state index < -0.39 is 0 Å². The van der Waals surface area contributed by atoms with Crippen molar-refractivity contribution < 1.29 is 4.84 Å². The van der Waals surface area contributed by atoms with Gasteiger partial charge in [-0.15, -0.1) is 6.42 Å². The zero-order valence-corrected chi connectivity index (χ0v) is 8.41. The lowest BCUT2D eigenvalue weighted by molar-refractivity contribution is 0.181. The fourth-order valence-electron chi connectivity index (χ4n) is 0.679. The van der Waals surface area contributed by atoms with E-state index in [9.17, 15) is 0 Å². The smallest absolute Gasteiger partial charge is 0.177 e. The van der Waals surface area contributed by atoms with E-state index in [0.29, 0.717) is 0 Å². The van der Waals surface area contributed by atoms with Crippen molar-refractivity contribution in [2.45, 2.75) is 0 Å². The van der Waals surface area contributed by atoms with Gasteiger partial charge >= 0.3 is 0 Å². The maximum absolute atomic E-state index is 4.96. The second kappa shape index (κ2) is 5.39. The largest absolute Gasteiger partial charge is 0.382 e. The molecule has 3 heteroatoms. The number of benzene rings is 1. The van der Waals surface area contributed by atoms with Crippen molar-refractivity contribution in [1.29, 1.82) is 0 Å². The van der Waals surface area contributed by atoms with Crippen molar-refractivity contribution in [3.8, 4) is 12.3 Å². The normalized spacial score (nSPS) is 9.85. The van der Waals surface area contributed by atoms with Crippen LogP contribution in [-0.2, 0) is 4.84 Å². The second-order valence-electron chi connectivity index (χ2n) is 2.19. The molecule has 0 fully saturated rings. The maximum atomic E-state index is 4.96. The van der Waals surface area contributed by atoms with Crippen molar-refractivity contribution in [3.63, 3.8) is 0 Å². The molecule has 0 aliphatic heterocycles. The number of rotatable bonds is 3. The van der Waals surface area contributed by atoms with Gasteiger partial charge in [0.1, 0.15) is 6.21 Å². The Morgan fingerprint density at radius 2 is 2.08 bits per heavy atom. The minimum Gasteiger partial charge on any atom is -0.382 e. The first-order chi connectivity index (χ1) is 6.33. The monoisotopic (exact) mass is 236 g/mol. The number of terminal acetylenes is 1. The Morgan fingerprint density at radius 1 is 1.38 bits per heavy atom. The zero-order valence-electron chi connectivity index (χ0n) is 6.83. The Morgan fingerprint density at radius 3 is 2.69 bits per heavy atom. The van der Waals surface area contributed by atoms with E-state index in [2.05, 4.69) is 38.1 Å². The van der Waals surface area contributed by atoms with Gasteiger partial charge in [0, 0.05) is 10.0 Å². The number of hydrogen-bond acceptors (Lipinski definition) is 2. The van der Waals surface area contributed by atoms with E-state index in [4.69, 9.17) is 6.42 Å². The molecular formula is C10H7BrNO. The van der Waals surface area contributed by atoms with Gasteiger partial charge in [-0.2, -0.15) is 0 Å². The lowest BCUT2D eigenvalue weighted by Crippen LogP contribution is -1.84. The number of hydrogen-bond donors (Lipinski definition) is 0. The lowest BCUT2D eigenvalue weighted by Gasteiger charge is -1.92. The van der Waals surface area contributed by atoms with Crippen LogP contribution in [0.1, 0.15) is 5.56 Å². The van der Waals surface area contributed by atoms with Crippen molar-refractivity contribution in [3.05, 3.63) is 34.3 Å². The molecule has 0 N–H and O–H groups in total. The highest BCUT2D eigenvalue weighted by molar-refractivity contribution is 9.10. The van der Waals surface area contributed by atoms with Gasteiger partial charge in [0.2, 0.25) is 0 Å². The first kappa shape index (κ1) is 9.82. The van der Waals surface area contributed by atoms with Crippen LogP contribution >= 0.6 is 15.9 Å². The summed E-state index contributed by atoms with van der Waals surface area (Å²) in [5.41, 5.74) is 0.847. The fraction of sp³-hybridized carbons (Fsp3) is 0.100. The predicted octanol–water partition coefficient (Wildman–Crippen LogP) is 2.31. The third kappa shape index (κ3) is 3.77. The van der Waals surface area contributed by atoms with Crippen LogP contribution in [0.2, 0.25) is 0 Å². The average molecular weight is 237 g/mol. The molecule has 0 saturated heterocycles. The van der Waals surface area contributed by atoms with E-state index >= 15 is 0 Å². The van der Waals surface area contributed by atoms with Gasteiger partial charge in [-0.05, 0) is 12.1 Å². The summed E-state index contributed by atoms with van der Waals surface area (Å²) in [5, 5.41) is 3.55. The van der Waals surface area contributed by atoms with Crippen molar-refractivity contribution in [2.75, 3.05) is 6.61 Å². The summed E-state index contributed by atoms with van der Waals surface area (Å²) >= 11 is 3.32. The molecule has 1 radical (unpaired) electrons. The molecule has 0 spiro atoms. The van der Waals surface area contributed by atoms with E-state index in [1.54, 1.807) is 0 Å². The minimum atomic E-state index is 0.170. The molecule has 0 atom stereocenters. The predicted molar refractivity (Wildman–Crippen MR) is 55.5 cm³/mol. The molecule has 65 valence electrons. The maximum Gasteiger partial charge on any atom is 0.177 e. The SMILES string of the molecule is C#CCON=[C]c1ccc(Br)cc1. The van der Waals surface area contributed by atoms with Gasteiger partial charge in [0.05, 0.1) is 0 Å². The topological polar surface area (TPSA) is 21.6 Å². The summed E-state index contributed by atoms with van der Waals surface area (Å²) < 4.78 is 1.02. The van der Waals surface area contributed by atoms with Gasteiger partial charge < -0.3 is 4.84 Å². The molecule has 0 aliphatic rings. The van der Waals surface area contributed by atoms with Crippen LogP contribution < -0.4 is 0 Å². The molecule has 1 aromatic rings. The van der Waals surface area contributed by atoms with Gasteiger partial charge in [-0.3, -0.25) is 0 Å². The highest BCUT2D eigenvalue weighted by Crippen LogP contribution is 2.08. The third-order valence-corrected chi connectivity index (χ3v) is 1.76. The molecule has 2 nitrogen and oxygen atoms in total. The molecule has 0 aromatic heterocycles. The summed E-state index contributed by atoms with van der Waals surface area (Å²) in [4.78, 5) is 4.68. The average Bonchev–Trinajstić information content (AvgIpc) is 2.15. The van der Waals surface area contributed by atoms with E-state index in [0.717, 1.165) is 10.0 Å². The van der Waals surface area contributed by atoms with Gasteiger partial charge in [-0.1, -0.05) is 39.1 Å². The molecule has 1 rings (SSSR count). The zero-order chi connectivity index (χ0) is 9.52. The molecular weight excluding hydrogens is 230 g/mol. The standard InChI is InChI=1S/C10H7BrNO/c1-2-7-13-12-8-9-3-5-10(11)6-4-9/h1,3-6H,7H2. The number of nitrogens with zero attached hydrogens (tertiary/aromatic N) is 1. The Balaban J connectivity index is 2.50. The molecule has 13 heavy (non-hydrogen) atoms. The first-order valence-electron chi connectivity index (χ1n) is 3.60. The molecule has 1 aromatic carbocycles.